The van der Waals surface area contributed by atoms with Gasteiger partial charge in [0.1, 0.15) is 17.1 Å². The van der Waals surface area contributed by atoms with Crippen LogP contribution < -0.4 is 20.7 Å². The molecule has 0 spiro atoms. The average molecular weight is 501 g/mol. The van der Waals surface area contributed by atoms with Crippen LogP contribution in [0.4, 0.5) is 33.7 Å². The average Bonchev–Trinajstić information content (AvgIpc) is 2.76. The number of pyridine rings is 1. The molecule has 0 aliphatic heterocycles. The van der Waals surface area contributed by atoms with E-state index in [0.717, 1.165) is 18.2 Å². The number of aromatic nitrogens is 1. The van der Waals surface area contributed by atoms with Crippen LogP contribution in [0.3, 0.4) is 0 Å². The third kappa shape index (κ3) is 6.33. The first-order valence-corrected chi connectivity index (χ1v) is 9.55. The van der Waals surface area contributed by atoms with Crippen molar-refractivity contribution in [1.82, 2.24) is 10.3 Å². The summed E-state index contributed by atoms with van der Waals surface area (Å²) in [6, 6.07) is 8.20. The van der Waals surface area contributed by atoms with Crippen LogP contribution in [0, 0.1) is 5.82 Å². The Hall–Kier alpha value is -3.90. The van der Waals surface area contributed by atoms with Gasteiger partial charge < -0.3 is 26.2 Å². The van der Waals surface area contributed by atoms with Crippen LogP contribution in [0.15, 0.2) is 54.7 Å². The van der Waals surface area contributed by atoms with Crippen LogP contribution >= 0.6 is 11.6 Å². The molecule has 0 saturated carbocycles. The molecule has 3 aromatic rings. The number of benzene rings is 2. The van der Waals surface area contributed by atoms with E-state index in [4.69, 9.17) is 16.3 Å². The number of para-hydroxylation sites is 1. The van der Waals surface area contributed by atoms with Crippen molar-refractivity contribution in [3.63, 3.8) is 0 Å². The first-order valence-electron chi connectivity index (χ1n) is 9.17. The lowest BCUT2D eigenvalue weighted by molar-refractivity contribution is -0.137. The number of ether oxygens (including phenoxy) is 1. The SMILES string of the molecule is CNC(=O)c1cc(Oc2cccc(F)c2NC(=O)Nc2ccc(Cl)c(C(F)(F)F)c2)ccn1.O. The van der Waals surface area contributed by atoms with E-state index in [1.54, 1.807) is 0 Å². The minimum Gasteiger partial charge on any atom is -0.455 e. The van der Waals surface area contributed by atoms with E-state index in [-0.39, 0.29) is 34.0 Å². The predicted octanol–water partition coefficient (Wildman–Crippen LogP) is 4.86. The van der Waals surface area contributed by atoms with Crippen molar-refractivity contribution < 1.29 is 37.4 Å². The Balaban J connectivity index is 0.00000408. The summed E-state index contributed by atoms with van der Waals surface area (Å²) in [6.07, 6.45) is -3.42. The van der Waals surface area contributed by atoms with Crippen LogP contribution in [-0.4, -0.2) is 29.4 Å². The van der Waals surface area contributed by atoms with Crippen molar-refractivity contribution >= 4 is 34.9 Å². The van der Waals surface area contributed by atoms with Crippen molar-refractivity contribution in [3.05, 3.63) is 76.8 Å². The van der Waals surface area contributed by atoms with Crippen molar-refractivity contribution in [3.8, 4) is 11.5 Å². The molecule has 0 aliphatic rings. The Morgan fingerprint density at radius 1 is 1.06 bits per heavy atom. The second-order valence-corrected chi connectivity index (χ2v) is 6.85. The molecule has 180 valence electrons. The fraction of sp³-hybridized carbons (Fsp3) is 0.0952. The smallest absolute Gasteiger partial charge is 0.417 e. The minimum atomic E-state index is -4.73. The number of hydrogen-bond donors (Lipinski definition) is 3. The van der Waals surface area contributed by atoms with Gasteiger partial charge in [-0.15, -0.1) is 0 Å². The molecule has 0 radical (unpaired) electrons. The maximum Gasteiger partial charge on any atom is 0.417 e. The van der Waals surface area contributed by atoms with Crippen LogP contribution in [0.2, 0.25) is 5.02 Å². The molecule has 8 nitrogen and oxygen atoms in total. The number of alkyl halides is 3. The number of nitrogens with one attached hydrogen (secondary N) is 3. The van der Waals surface area contributed by atoms with Crippen LogP contribution in [0.1, 0.15) is 16.1 Å². The van der Waals surface area contributed by atoms with E-state index in [1.165, 1.54) is 37.5 Å². The standard InChI is InChI=1S/C21H15ClF4N4O3.H2O/c1-27-19(31)16-10-12(7-8-28-16)33-17-4-2-3-15(23)18(17)30-20(32)29-11-5-6-14(22)13(9-11)21(24,25)26;/h2-10H,1H3,(H,27,31)(H2,29,30,32);1H2. The Morgan fingerprint density at radius 2 is 1.79 bits per heavy atom. The number of anilines is 2. The molecular formula is C21H17ClF4N4O4. The molecule has 0 bridgehead atoms. The Kier molecular flexibility index (Phi) is 8.38. The lowest BCUT2D eigenvalue weighted by Crippen LogP contribution is -2.21. The fourth-order valence-electron chi connectivity index (χ4n) is 2.66. The molecule has 2 aromatic carbocycles. The highest BCUT2D eigenvalue weighted by molar-refractivity contribution is 6.31. The number of carbonyl (C=O) groups is 2. The zero-order chi connectivity index (χ0) is 24.2. The van der Waals surface area contributed by atoms with E-state index >= 15 is 0 Å². The Labute approximate surface area is 195 Å². The Bertz CT molecular complexity index is 1210. The zero-order valence-corrected chi connectivity index (χ0v) is 18.0. The van der Waals surface area contributed by atoms with Gasteiger partial charge in [-0.25, -0.2) is 9.18 Å². The van der Waals surface area contributed by atoms with Gasteiger partial charge in [-0.1, -0.05) is 17.7 Å². The predicted molar refractivity (Wildman–Crippen MR) is 117 cm³/mol. The molecule has 0 saturated heterocycles. The molecule has 34 heavy (non-hydrogen) atoms. The number of halogens is 5. The van der Waals surface area contributed by atoms with E-state index in [2.05, 4.69) is 20.9 Å². The summed E-state index contributed by atoms with van der Waals surface area (Å²) in [4.78, 5) is 28.0. The normalized spacial score (nSPS) is 10.6. The number of urea groups is 1. The third-order valence-electron chi connectivity index (χ3n) is 4.16. The lowest BCUT2D eigenvalue weighted by atomic mass is 10.2. The van der Waals surface area contributed by atoms with Gasteiger partial charge in [0.2, 0.25) is 0 Å². The molecule has 0 aliphatic carbocycles. The maximum atomic E-state index is 14.4. The summed E-state index contributed by atoms with van der Waals surface area (Å²) < 4.78 is 59.1. The summed E-state index contributed by atoms with van der Waals surface area (Å²) in [7, 11) is 1.42. The summed E-state index contributed by atoms with van der Waals surface area (Å²) in [6.45, 7) is 0. The first-order chi connectivity index (χ1) is 15.6. The molecule has 0 atom stereocenters. The number of rotatable bonds is 5. The van der Waals surface area contributed by atoms with Crippen LogP contribution in [0.25, 0.3) is 0 Å². The molecular weight excluding hydrogens is 484 g/mol. The number of nitrogens with zero attached hydrogens (tertiary/aromatic N) is 1. The van der Waals surface area contributed by atoms with Gasteiger partial charge in [0.05, 0.1) is 10.6 Å². The van der Waals surface area contributed by atoms with Gasteiger partial charge >= 0.3 is 12.2 Å². The highest BCUT2D eigenvalue weighted by Crippen LogP contribution is 2.36. The molecule has 13 heteroatoms. The first kappa shape index (κ1) is 26.4. The number of amides is 3. The summed E-state index contributed by atoms with van der Waals surface area (Å²) in [5.41, 5.74) is -1.69. The largest absolute Gasteiger partial charge is 0.455 e. The van der Waals surface area contributed by atoms with Crippen molar-refractivity contribution in [1.29, 1.82) is 0 Å². The second kappa shape index (κ2) is 10.8. The van der Waals surface area contributed by atoms with Gasteiger partial charge in [0.25, 0.3) is 5.91 Å². The topological polar surface area (TPSA) is 124 Å². The second-order valence-electron chi connectivity index (χ2n) is 6.44. The molecule has 1 heterocycles. The lowest BCUT2D eigenvalue weighted by Gasteiger charge is -2.15. The van der Waals surface area contributed by atoms with E-state index < -0.39 is 34.5 Å². The van der Waals surface area contributed by atoms with Crippen LogP contribution in [-0.2, 0) is 6.18 Å². The number of carbonyl (C=O) groups excluding carboxylic acids is 2. The highest BCUT2D eigenvalue weighted by Gasteiger charge is 2.33. The molecule has 3 rings (SSSR count). The summed E-state index contributed by atoms with van der Waals surface area (Å²) >= 11 is 5.56. The van der Waals surface area contributed by atoms with E-state index in [1.807, 2.05) is 0 Å². The number of hydrogen-bond acceptors (Lipinski definition) is 4. The maximum absolute atomic E-state index is 14.4. The quantitative estimate of drug-likeness (QED) is 0.432. The zero-order valence-electron chi connectivity index (χ0n) is 17.3. The van der Waals surface area contributed by atoms with Gasteiger partial charge in [-0.05, 0) is 36.4 Å². The molecule has 1 aromatic heterocycles. The summed E-state index contributed by atoms with van der Waals surface area (Å²) in [5.74, 6) is -1.33. The van der Waals surface area contributed by atoms with Gasteiger partial charge in [0.15, 0.2) is 11.6 Å². The van der Waals surface area contributed by atoms with Crippen LogP contribution in [0.5, 0.6) is 11.5 Å². The van der Waals surface area contributed by atoms with Crippen molar-refractivity contribution in [2.75, 3.05) is 17.7 Å². The molecule has 3 amide bonds. The Morgan fingerprint density at radius 3 is 2.47 bits per heavy atom. The van der Waals surface area contributed by atoms with Gasteiger partial charge in [-0.3, -0.25) is 9.78 Å². The summed E-state index contributed by atoms with van der Waals surface area (Å²) in [5, 5.41) is 6.26. The van der Waals surface area contributed by atoms with Gasteiger partial charge in [0, 0.05) is 25.0 Å². The molecule has 0 unspecified atom stereocenters. The van der Waals surface area contributed by atoms with E-state index in [0.29, 0.717) is 6.07 Å². The molecule has 0 fully saturated rings. The van der Waals surface area contributed by atoms with Gasteiger partial charge in [-0.2, -0.15) is 13.2 Å². The minimum absolute atomic E-state index is 0. The monoisotopic (exact) mass is 500 g/mol. The molecule has 5 N–H and O–H groups in total. The highest BCUT2D eigenvalue weighted by atomic mass is 35.5. The fourth-order valence-corrected chi connectivity index (χ4v) is 2.89. The third-order valence-corrected chi connectivity index (χ3v) is 4.49. The van der Waals surface area contributed by atoms with Crippen molar-refractivity contribution in [2.45, 2.75) is 6.18 Å². The van der Waals surface area contributed by atoms with E-state index in [9.17, 15) is 27.2 Å². The van der Waals surface area contributed by atoms with Crippen molar-refractivity contribution in [2.24, 2.45) is 0 Å².